The average molecular weight is 259 g/mol. The van der Waals surface area contributed by atoms with Crippen LogP contribution in [0.2, 0.25) is 5.02 Å². The minimum Gasteiger partial charge on any atom is -0.391 e. The van der Waals surface area contributed by atoms with Crippen LogP contribution in [0.5, 0.6) is 0 Å². The molecule has 1 heterocycles. The first kappa shape index (κ1) is 12.3. The summed E-state index contributed by atoms with van der Waals surface area (Å²) in [5.74, 6) is -0.888. The van der Waals surface area contributed by atoms with E-state index < -0.39 is 18.0 Å². The van der Waals surface area contributed by atoms with Crippen LogP contribution >= 0.6 is 11.6 Å². The molecule has 3 N–H and O–H groups in total. The Kier molecular flexibility index (Phi) is 3.61. The van der Waals surface area contributed by atoms with Crippen molar-refractivity contribution in [3.63, 3.8) is 0 Å². The highest BCUT2D eigenvalue weighted by Crippen LogP contribution is 2.20. The van der Waals surface area contributed by atoms with Gasteiger partial charge >= 0.3 is 0 Å². The summed E-state index contributed by atoms with van der Waals surface area (Å²) in [6.45, 7) is 0.601. The molecule has 1 aromatic carbocycles. The van der Waals surface area contributed by atoms with Gasteiger partial charge in [-0.3, -0.25) is 4.79 Å². The van der Waals surface area contributed by atoms with Crippen molar-refractivity contribution >= 4 is 23.2 Å². The molecular formula is C11H12ClFN2O2. The minimum atomic E-state index is -0.689. The number of halogens is 2. The van der Waals surface area contributed by atoms with Crippen LogP contribution < -0.4 is 10.6 Å². The summed E-state index contributed by atoms with van der Waals surface area (Å²) in [7, 11) is 0. The van der Waals surface area contributed by atoms with Gasteiger partial charge in [0.15, 0.2) is 0 Å². The maximum atomic E-state index is 12.9. The number of hydrogen-bond donors (Lipinski definition) is 3. The van der Waals surface area contributed by atoms with Crippen molar-refractivity contribution in [1.29, 1.82) is 0 Å². The Morgan fingerprint density at radius 3 is 2.94 bits per heavy atom. The number of carbonyl (C=O) groups excluding carboxylic acids is 1. The molecule has 2 atom stereocenters. The maximum Gasteiger partial charge on any atom is 0.244 e. The molecule has 0 spiro atoms. The lowest BCUT2D eigenvalue weighted by atomic mass is 10.1. The van der Waals surface area contributed by atoms with E-state index in [2.05, 4.69) is 10.6 Å². The van der Waals surface area contributed by atoms with Crippen LogP contribution in [0.3, 0.4) is 0 Å². The van der Waals surface area contributed by atoms with E-state index in [1.54, 1.807) is 0 Å². The maximum absolute atomic E-state index is 12.9. The molecule has 1 aromatic rings. The fourth-order valence-corrected chi connectivity index (χ4v) is 1.93. The summed E-state index contributed by atoms with van der Waals surface area (Å²) in [6.07, 6.45) is -0.145. The van der Waals surface area contributed by atoms with Gasteiger partial charge in [-0.1, -0.05) is 11.6 Å². The summed E-state index contributed by atoms with van der Waals surface area (Å²) >= 11 is 5.59. The molecule has 6 heteroatoms. The monoisotopic (exact) mass is 258 g/mol. The van der Waals surface area contributed by atoms with Crippen molar-refractivity contribution in [2.24, 2.45) is 0 Å². The Hall–Kier alpha value is -1.17. The molecule has 1 aliphatic heterocycles. The number of amides is 1. The van der Waals surface area contributed by atoms with Crippen molar-refractivity contribution in [2.75, 3.05) is 11.9 Å². The van der Waals surface area contributed by atoms with Crippen LogP contribution in [-0.2, 0) is 4.79 Å². The first-order valence-electron chi connectivity index (χ1n) is 5.25. The third-order valence-electron chi connectivity index (χ3n) is 2.66. The lowest BCUT2D eigenvalue weighted by Crippen LogP contribution is -2.42. The summed E-state index contributed by atoms with van der Waals surface area (Å²) in [4.78, 5) is 11.8. The second-order valence-electron chi connectivity index (χ2n) is 3.91. The first-order chi connectivity index (χ1) is 8.08. The Bertz CT molecular complexity index is 441. The Labute approximate surface area is 103 Å². The number of rotatable bonds is 2. The smallest absolute Gasteiger partial charge is 0.244 e. The number of aliphatic hydroxyl groups excluding tert-OH is 1. The minimum absolute atomic E-state index is 0.0530. The topological polar surface area (TPSA) is 61.4 Å². The van der Waals surface area contributed by atoms with Crippen LogP contribution in [0.1, 0.15) is 6.42 Å². The molecule has 0 aliphatic carbocycles. The number of anilines is 1. The predicted molar refractivity (Wildman–Crippen MR) is 62.5 cm³/mol. The molecule has 1 amide bonds. The molecule has 0 unspecified atom stereocenters. The Morgan fingerprint density at radius 1 is 1.59 bits per heavy atom. The van der Waals surface area contributed by atoms with Crippen LogP contribution in [0, 0.1) is 5.82 Å². The van der Waals surface area contributed by atoms with Crippen molar-refractivity contribution < 1.29 is 14.3 Å². The largest absolute Gasteiger partial charge is 0.391 e. The van der Waals surface area contributed by atoms with Crippen LogP contribution in [0.15, 0.2) is 18.2 Å². The summed E-state index contributed by atoms with van der Waals surface area (Å²) in [6, 6.07) is 3.30. The molecule has 2 rings (SSSR count). The quantitative estimate of drug-likeness (QED) is 0.746. The molecule has 1 aliphatic rings. The third-order valence-corrected chi connectivity index (χ3v) is 2.95. The molecule has 0 saturated carbocycles. The SMILES string of the molecule is O=C(Nc1ccc(F)c(Cl)c1)[C@H]1NCC[C@@H]1O. The highest BCUT2D eigenvalue weighted by molar-refractivity contribution is 6.31. The number of hydrogen-bond acceptors (Lipinski definition) is 3. The van der Waals surface area contributed by atoms with Gasteiger partial charge < -0.3 is 15.7 Å². The van der Waals surface area contributed by atoms with Gasteiger partial charge in [-0.2, -0.15) is 0 Å². The number of aliphatic hydroxyl groups is 1. The Morgan fingerprint density at radius 2 is 2.35 bits per heavy atom. The lowest BCUT2D eigenvalue weighted by molar-refractivity contribution is -0.119. The molecular weight excluding hydrogens is 247 g/mol. The van der Waals surface area contributed by atoms with E-state index in [1.807, 2.05) is 0 Å². The zero-order valence-corrected chi connectivity index (χ0v) is 9.67. The predicted octanol–water partition coefficient (Wildman–Crippen LogP) is 1.14. The molecule has 4 nitrogen and oxygen atoms in total. The molecule has 17 heavy (non-hydrogen) atoms. The van der Waals surface area contributed by atoms with Gasteiger partial charge in [0.2, 0.25) is 5.91 Å². The normalized spacial score (nSPS) is 23.7. The van der Waals surface area contributed by atoms with Crippen LogP contribution in [0.25, 0.3) is 0 Å². The van der Waals surface area contributed by atoms with Gasteiger partial charge in [-0.05, 0) is 31.2 Å². The van der Waals surface area contributed by atoms with Gasteiger partial charge in [-0.15, -0.1) is 0 Å². The molecule has 92 valence electrons. The zero-order chi connectivity index (χ0) is 12.4. The van der Waals surface area contributed by atoms with Crippen LogP contribution in [0.4, 0.5) is 10.1 Å². The molecule has 0 aromatic heterocycles. The number of nitrogens with one attached hydrogen (secondary N) is 2. The standard InChI is InChI=1S/C11H12ClFN2O2/c12-7-5-6(1-2-8(7)13)15-11(17)10-9(16)3-4-14-10/h1-2,5,9-10,14,16H,3-4H2,(H,15,17)/t9-,10-/m0/s1. The van der Waals surface area contributed by atoms with E-state index in [0.29, 0.717) is 18.7 Å². The molecule has 0 radical (unpaired) electrons. The zero-order valence-electron chi connectivity index (χ0n) is 8.91. The highest BCUT2D eigenvalue weighted by Gasteiger charge is 2.30. The Balaban J connectivity index is 2.05. The fraction of sp³-hybridized carbons (Fsp3) is 0.364. The molecule has 0 bridgehead atoms. The van der Waals surface area contributed by atoms with E-state index in [0.717, 1.165) is 0 Å². The van der Waals surface area contributed by atoms with Gasteiger partial charge in [0.05, 0.1) is 11.1 Å². The summed E-state index contributed by atoms with van der Waals surface area (Å²) in [5.41, 5.74) is 0.405. The fourth-order valence-electron chi connectivity index (χ4n) is 1.75. The van der Waals surface area contributed by atoms with Gasteiger partial charge in [0.1, 0.15) is 11.9 Å². The van der Waals surface area contributed by atoms with Gasteiger partial charge in [0, 0.05) is 5.69 Å². The second-order valence-corrected chi connectivity index (χ2v) is 4.31. The van der Waals surface area contributed by atoms with Crippen molar-refractivity contribution in [2.45, 2.75) is 18.6 Å². The summed E-state index contributed by atoms with van der Waals surface area (Å²) in [5, 5.41) is 14.9. The van der Waals surface area contributed by atoms with Gasteiger partial charge in [0.25, 0.3) is 0 Å². The van der Waals surface area contributed by atoms with Crippen molar-refractivity contribution in [3.8, 4) is 0 Å². The summed E-state index contributed by atoms with van der Waals surface area (Å²) < 4.78 is 12.9. The van der Waals surface area contributed by atoms with Crippen molar-refractivity contribution in [3.05, 3.63) is 29.0 Å². The molecule has 1 saturated heterocycles. The highest BCUT2D eigenvalue weighted by atomic mass is 35.5. The van der Waals surface area contributed by atoms with Gasteiger partial charge in [-0.25, -0.2) is 4.39 Å². The first-order valence-corrected chi connectivity index (χ1v) is 5.63. The number of benzene rings is 1. The molecule has 1 fully saturated rings. The van der Waals surface area contributed by atoms with E-state index in [4.69, 9.17) is 11.6 Å². The van der Waals surface area contributed by atoms with E-state index in [-0.39, 0.29) is 10.9 Å². The lowest BCUT2D eigenvalue weighted by Gasteiger charge is -2.14. The van der Waals surface area contributed by atoms with E-state index >= 15 is 0 Å². The third kappa shape index (κ3) is 2.74. The van der Waals surface area contributed by atoms with Crippen molar-refractivity contribution in [1.82, 2.24) is 5.32 Å². The van der Waals surface area contributed by atoms with Crippen LogP contribution in [-0.4, -0.2) is 29.7 Å². The second kappa shape index (κ2) is 5.00. The van der Waals surface area contributed by atoms with E-state index in [1.165, 1.54) is 18.2 Å². The number of carbonyl (C=O) groups is 1. The van der Waals surface area contributed by atoms with E-state index in [9.17, 15) is 14.3 Å². The average Bonchev–Trinajstić information content (AvgIpc) is 2.70.